The van der Waals surface area contributed by atoms with Crippen LogP contribution in [0.2, 0.25) is 0 Å². The lowest BCUT2D eigenvalue weighted by Gasteiger charge is -2.36. The summed E-state index contributed by atoms with van der Waals surface area (Å²) in [5.74, 6) is 0. The standard InChI is InChI=1S/C14H20N2/c1-11-13-7-3-2-6-12(13)10-14(15-11)16-8-4-5-9-16/h2-3,6-7,11,14-15H,4-5,8-10H2,1H3/t11-,14+/m0/s1. The van der Waals surface area contributed by atoms with Gasteiger partial charge in [0.1, 0.15) is 0 Å². The first-order valence-electron chi connectivity index (χ1n) is 6.42. The molecule has 0 bridgehead atoms. The molecule has 1 aromatic carbocycles. The summed E-state index contributed by atoms with van der Waals surface area (Å²) in [7, 11) is 0. The molecule has 0 unspecified atom stereocenters. The number of benzene rings is 1. The van der Waals surface area contributed by atoms with Gasteiger partial charge >= 0.3 is 0 Å². The van der Waals surface area contributed by atoms with Crippen LogP contribution in [0.4, 0.5) is 0 Å². The van der Waals surface area contributed by atoms with Gasteiger partial charge in [-0.25, -0.2) is 0 Å². The molecule has 2 heterocycles. The van der Waals surface area contributed by atoms with Crippen LogP contribution in [0.5, 0.6) is 0 Å². The van der Waals surface area contributed by atoms with Gasteiger partial charge in [0.2, 0.25) is 0 Å². The highest BCUT2D eigenvalue weighted by molar-refractivity contribution is 5.32. The normalized spacial score (nSPS) is 30.3. The van der Waals surface area contributed by atoms with Gasteiger partial charge in [0.15, 0.2) is 0 Å². The van der Waals surface area contributed by atoms with Crippen molar-refractivity contribution in [3.8, 4) is 0 Å². The SMILES string of the molecule is C[C@@H]1N[C@H](N2CCCC2)Cc2ccccc21. The Morgan fingerprint density at radius 1 is 1.19 bits per heavy atom. The van der Waals surface area contributed by atoms with Gasteiger partial charge in [-0.15, -0.1) is 0 Å². The molecule has 16 heavy (non-hydrogen) atoms. The van der Waals surface area contributed by atoms with Gasteiger partial charge in [-0.3, -0.25) is 10.2 Å². The number of hydrogen-bond donors (Lipinski definition) is 1. The molecule has 0 radical (unpaired) electrons. The van der Waals surface area contributed by atoms with Crippen molar-refractivity contribution in [3.05, 3.63) is 35.4 Å². The summed E-state index contributed by atoms with van der Waals surface area (Å²) in [6.07, 6.45) is 4.47. The van der Waals surface area contributed by atoms with Crippen molar-refractivity contribution in [1.82, 2.24) is 10.2 Å². The average molecular weight is 216 g/mol. The van der Waals surface area contributed by atoms with Gasteiger partial charge in [0, 0.05) is 12.5 Å². The van der Waals surface area contributed by atoms with E-state index in [1.807, 2.05) is 0 Å². The Hall–Kier alpha value is -0.860. The molecule has 2 heteroatoms. The Kier molecular flexibility index (Phi) is 2.70. The number of nitrogens with one attached hydrogen (secondary N) is 1. The lowest BCUT2D eigenvalue weighted by atomic mass is 9.93. The fraction of sp³-hybridized carbons (Fsp3) is 0.571. The number of rotatable bonds is 1. The Morgan fingerprint density at radius 2 is 1.94 bits per heavy atom. The van der Waals surface area contributed by atoms with Crippen LogP contribution >= 0.6 is 0 Å². The van der Waals surface area contributed by atoms with E-state index in [9.17, 15) is 0 Å². The van der Waals surface area contributed by atoms with Crippen molar-refractivity contribution in [2.45, 2.75) is 38.4 Å². The molecule has 0 spiro atoms. The first kappa shape index (κ1) is 10.3. The first-order valence-corrected chi connectivity index (χ1v) is 6.42. The summed E-state index contributed by atoms with van der Waals surface area (Å²) in [5.41, 5.74) is 3.02. The predicted molar refractivity (Wildman–Crippen MR) is 66.3 cm³/mol. The van der Waals surface area contributed by atoms with E-state index in [2.05, 4.69) is 41.4 Å². The van der Waals surface area contributed by atoms with E-state index < -0.39 is 0 Å². The predicted octanol–water partition coefficient (Wildman–Crippen LogP) is 2.32. The minimum Gasteiger partial charge on any atom is -0.295 e. The second-order valence-corrected chi connectivity index (χ2v) is 5.05. The molecule has 0 amide bonds. The maximum Gasteiger partial charge on any atom is 0.0643 e. The van der Waals surface area contributed by atoms with E-state index in [0.29, 0.717) is 12.2 Å². The van der Waals surface area contributed by atoms with Crippen molar-refractivity contribution >= 4 is 0 Å². The van der Waals surface area contributed by atoms with Crippen LogP contribution in [0, 0.1) is 0 Å². The zero-order valence-corrected chi connectivity index (χ0v) is 9.95. The molecule has 1 N–H and O–H groups in total. The van der Waals surface area contributed by atoms with Gasteiger partial charge in [-0.05, 0) is 44.0 Å². The Balaban J connectivity index is 1.83. The molecule has 2 aliphatic rings. The zero-order valence-electron chi connectivity index (χ0n) is 9.95. The Bertz CT molecular complexity index is 369. The van der Waals surface area contributed by atoms with E-state index in [1.54, 1.807) is 0 Å². The molecule has 0 saturated carbocycles. The Labute approximate surface area is 97.6 Å². The van der Waals surface area contributed by atoms with Gasteiger partial charge in [-0.2, -0.15) is 0 Å². The van der Waals surface area contributed by atoms with E-state index in [0.717, 1.165) is 0 Å². The van der Waals surface area contributed by atoms with Crippen molar-refractivity contribution < 1.29 is 0 Å². The third-order valence-electron chi connectivity index (χ3n) is 3.96. The third-order valence-corrected chi connectivity index (χ3v) is 3.96. The summed E-state index contributed by atoms with van der Waals surface area (Å²) in [6.45, 7) is 4.82. The maximum atomic E-state index is 3.74. The van der Waals surface area contributed by atoms with Crippen molar-refractivity contribution in [1.29, 1.82) is 0 Å². The average Bonchev–Trinajstić information content (AvgIpc) is 2.82. The van der Waals surface area contributed by atoms with Crippen LogP contribution in [-0.2, 0) is 6.42 Å². The summed E-state index contributed by atoms with van der Waals surface area (Å²) < 4.78 is 0. The summed E-state index contributed by atoms with van der Waals surface area (Å²) in [6, 6.07) is 9.35. The lowest BCUT2D eigenvalue weighted by Crippen LogP contribution is -2.49. The molecule has 1 aromatic rings. The topological polar surface area (TPSA) is 15.3 Å². The van der Waals surface area contributed by atoms with Crippen LogP contribution in [0.3, 0.4) is 0 Å². The summed E-state index contributed by atoms with van der Waals surface area (Å²) >= 11 is 0. The minimum absolute atomic E-state index is 0.496. The number of hydrogen-bond acceptors (Lipinski definition) is 2. The molecular formula is C14H20N2. The Morgan fingerprint density at radius 3 is 2.75 bits per heavy atom. The molecule has 2 atom stereocenters. The highest BCUT2D eigenvalue weighted by Gasteiger charge is 2.28. The van der Waals surface area contributed by atoms with E-state index in [1.165, 1.54) is 43.5 Å². The van der Waals surface area contributed by atoms with Crippen LogP contribution in [0.25, 0.3) is 0 Å². The molecular weight excluding hydrogens is 196 g/mol. The molecule has 1 fully saturated rings. The molecule has 3 rings (SSSR count). The first-order chi connectivity index (χ1) is 7.84. The largest absolute Gasteiger partial charge is 0.295 e. The van der Waals surface area contributed by atoms with Crippen LogP contribution in [0.15, 0.2) is 24.3 Å². The minimum atomic E-state index is 0.496. The lowest BCUT2D eigenvalue weighted by molar-refractivity contribution is 0.178. The van der Waals surface area contributed by atoms with Gasteiger partial charge in [0.25, 0.3) is 0 Å². The van der Waals surface area contributed by atoms with Crippen LogP contribution < -0.4 is 5.32 Å². The summed E-state index contributed by atoms with van der Waals surface area (Å²) in [4.78, 5) is 2.60. The molecule has 2 nitrogen and oxygen atoms in total. The molecule has 86 valence electrons. The van der Waals surface area contributed by atoms with E-state index in [4.69, 9.17) is 0 Å². The van der Waals surface area contributed by atoms with E-state index >= 15 is 0 Å². The van der Waals surface area contributed by atoms with Crippen molar-refractivity contribution in [2.75, 3.05) is 13.1 Å². The van der Waals surface area contributed by atoms with Crippen molar-refractivity contribution in [3.63, 3.8) is 0 Å². The third kappa shape index (κ3) is 1.76. The molecule has 0 aliphatic carbocycles. The number of likely N-dealkylation sites (tertiary alicyclic amines) is 1. The number of nitrogens with zero attached hydrogens (tertiary/aromatic N) is 1. The van der Waals surface area contributed by atoms with Crippen molar-refractivity contribution in [2.24, 2.45) is 0 Å². The molecule has 2 aliphatic heterocycles. The molecule has 0 aromatic heterocycles. The highest BCUT2D eigenvalue weighted by Crippen LogP contribution is 2.27. The fourth-order valence-electron chi connectivity index (χ4n) is 3.08. The van der Waals surface area contributed by atoms with E-state index in [-0.39, 0.29) is 0 Å². The van der Waals surface area contributed by atoms with Crippen LogP contribution in [0.1, 0.15) is 36.9 Å². The summed E-state index contributed by atoms with van der Waals surface area (Å²) in [5, 5.41) is 3.74. The fourth-order valence-corrected chi connectivity index (χ4v) is 3.08. The van der Waals surface area contributed by atoms with Gasteiger partial charge in [0.05, 0.1) is 6.17 Å². The quantitative estimate of drug-likeness (QED) is 0.775. The second kappa shape index (κ2) is 4.19. The number of fused-ring (bicyclic) bond motifs is 1. The molecule has 1 saturated heterocycles. The zero-order chi connectivity index (χ0) is 11.0. The highest BCUT2D eigenvalue weighted by atomic mass is 15.3. The smallest absolute Gasteiger partial charge is 0.0643 e. The second-order valence-electron chi connectivity index (χ2n) is 5.05. The maximum absolute atomic E-state index is 3.74. The van der Waals surface area contributed by atoms with Crippen LogP contribution in [-0.4, -0.2) is 24.2 Å². The monoisotopic (exact) mass is 216 g/mol. The van der Waals surface area contributed by atoms with Gasteiger partial charge in [-0.1, -0.05) is 24.3 Å². The van der Waals surface area contributed by atoms with Gasteiger partial charge < -0.3 is 0 Å².